The zero-order valence-electron chi connectivity index (χ0n) is 16.7. The Balaban J connectivity index is 1.68. The summed E-state index contributed by atoms with van der Waals surface area (Å²) in [6, 6.07) is 5.12. The van der Waals surface area contributed by atoms with E-state index in [1.54, 1.807) is 42.4 Å². The van der Waals surface area contributed by atoms with Crippen molar-refractivity contribution in [2.75, 3.05) is 5.32 Å². The van der Waals surface area contributed by atoms with Gasteiger partial charge in [0.2, 0.25) is 5.91 Å². The van der Waals surface area contributed by atoms with Crippen molar-refractivity contribution in [1.82, 2.24) is 19.6 Å². The minimum atomic E-state index is -4.40. The molecule has 0 fully saturated rings. The van der Waals surface area contributed by atoms with Crippen LogP contribution in [-0.2, 0) is 24.1 Å². The molecule has 0 unspecified atom stereocenters. The molecule has 0 saturated heterocycles. The molecule has 0 aliphatic heterocycles. The Kier molecular flexibility index (Phi) is 6.21. The summed E-state index contributed by atoms with van der Waals surface area (Å²) in [6.45, 7) is 5.82. The Morgan fingerprint density at radius 1 is 1.17 bits per heavy atom. The Hall–Kier alpha value is -2.81. The molecule has 2 heterocycles. The second kappa shape index (κ2) is 8.51. The van der Waals surface area contributed by atoms with E-state index in [0.29, 0.717) is 39.9 Å². The van der Waals surface area contributed by atoms with Crippen molar-refractivity contribution in [1.29, 1.82) is 0 Å². The van der Waals surface area contributed by atoms with Gasteiger partial charge < -0.3 is 5.32 Å². The van der Waals surface area contributed by atoms with Crippen LogP contribution in [0.3, 0.4) is 0 Å². The first kappa shape index (κ1) is 21.9. The topological polar surface area (TPSA) is 64.7 Å². The van der Waals surface area contributed by atoms with E-state index in [2.05, 4.69) is 15.5 Å². The number of carbonyl (C=O) groups excluding carboxylic acids is 1. The average Bonchev–Trinajstić information content (AvgIpc) is 3.12. The molecule has 0 spiro atoms. The highest BCUT2D eigenvalue weighted by molar-refractivity contribution is 6.31. The normalized spacial score (nSPS) is 11.7. The number of halogens is 4. The monoisotopic (exact) mass is 439 g/mol. The molecular weight excluding hydrogens is 419 g/mol. The number of anilines is 1. The lowest BCUT2D eigenvalue weighted by molar-refractivity contribution is -0.137. The number of hydrogen-bond acceptors (Lipinski definition) is 3. The van der Waals surface area contributed by atoms with E-state index < -0.39 is 11.7 Å². The molecule has 0 bridgehead atoms. The van der Waals surface area contributed by atoms with E-state index in [4.69, 9.17) is 11.6 Å². The Labute approximate surface area is 176 Å². The first-order valence-corrected chi connectivity index (χ1v) is 9.62. The lowest BCUT2D eigenvalue weighted by Crippen LogP contribution is -2.16. The van der Waals surface area contributed by atoms with E-state index >= 15 is 0 Å². The van der Waals surface area contributed by atoms with Crippen LogP contribution in [0.4, 0.5) is 18.9 Å². The minimum Gasteiger partial charge on any atom is -0.323 e. The molecule has 3 rings (SSSR count). The molecule has 3 aromatic rings. The number of carbonyl (C=O) groups is 1. The largest absolute Gasteiger partial charge is 0.416 e. The summed E-state index contributed by atoms with van der Waals surface area (Å²) in [5, 5.41) is 12.0. The molecule has 1 amide bonds. The second-order valence-electron chi connectivity index (χ2n) is 7.03. The lowest BCUT2D eigenvalue weighted by Gasteiger charge is -2.10. The number of benzene rings is 1. The van der Waals surface area contributed by atoms with Gasteiger partial charge in [-0.15, -0.1) is 0 Å². The quantitative estimate of drug-likeness (QED) is 0.602. The molecule has 1 aromatic carbocycles. The highest BCUT2D eigenvalue weighted by atomic mass is 35.5. The van der Waals surface area contributed by atoms with E-state index in [-0.39, 0.29) is 18.9 Å². The fraction of sp³-hybridized carbons (Fsp3) is 0.350. The van der Waals surface area contributed by atoms with Gasteiger partial charge in [0.1, 0.15) is 0 Å². The van der Waals surface area contributed by atoms with Gasteiger partial charge in [-0.25, -0.2) is 0 Å². The van der Waals surface area contributed by atoms with Gasteiger partial charge in [-0.3, -0.25) is 14.2 Å². The number of aryl methyl sites for hydroxylation is 3. The molecule has 0 atom stereocenters. The van der Waals surface area contributed by atoms with Crippen molar-refractivity contribution >= 4 is 23.2 Å². The standard InChI is InChI=1S/C20H21ClF3N5O/c1-12-17(21)11-28(26-12)8-7-18(30)25-19-13(2)27-29(14(19)3)10-15-5-4-6-16(9-15)20(22,23)24/h4-6,9,11H,7-8,10H2,1-3H3,(H,25,30). The molecule has 160 valence electrons. The predicted octanol–water partition coefficient (Wildman–Crippen LogP) is 4.75. The fourth-order valence-electron chi connectivity index (χ4n) is 3.08. The Morgan fingerprint density at radius 3 is 2.53 bits per heavy atom. The molecule has 0 radical (unpaired) electrons. The fourth-order valence-corrected chi connectivity index (χ4v) is 3.23. The molecular formula is C20H21ClF3N5O. The van der Waals surface area contributed by atoms with Gasteiger partial charge in [0.15, 0.2) is 0 Å². The predicted molar refractivity (Wildman–Crippen MR) is 107 cm³/mol. The SMILES string of the molecule is Cc1nn(CCC(=O)Nc2c(C)nn(Cc3cccc(C(F)(F)F)c3)c2C)cc1Cl. The van der Waals surface area contributed by atoms with Gasteiger partial charge in [-0.05, 0) is 38.5 Å². The summed E-state index contributed by atoms with van der Waals surface area (Å²) in [5.41, 5.74) is 2.27. The summed E-state index contributed by atoms with van der Waals surface area (Å²) >= 11 is 5.96. The Bertz CT molecular complexity index is 1050. The molecule has 30 heavy (non-hydrogen) atoms. The Morgan fingerprint density at radius 2 is 1.90 bits per heavy atom. The van der Waals surface area contributed by atoms with Crippen LogP contribution >= 0.6 is 11.6 Å². The number of hydrogen-bond donors (Lipinski definition) is 1. The second-order valence-corrected chi connectivity index (χ2v) is 7.43. The summed E-state index contributed by atoms with van der Waals surface area (Å²) in [7, 11) is 0. The third-order valence-corrected chi connectivity index (χ3v) is 5.06. The van der Waals surface area contributed by atoms with Crippen molar-refractivity contribution in [3.63, 3.8) is 0 Å². The van der Waals surface area contributed by atoms with E-state index in [1.807, 2.05) is 0 Å². The van der Waals surface area contributed by atoms with Crippen LogP contribution in [0.2, 0.25) is 5.02 Å². The summed E-state index contributed by atoms with van der Waals surface area (Å²) < 4.78 is 42.0. The maximum atomic E-state index is 12.9. The minimum absolute atomic E-state index is 0.164. The lowest BCUT2D eigenvalue weighted by atomic mass is 10.1. The molecule has 0 aliphatic carbocycles. The van der Waals surface area contributed by atoms with Crippen LogP contribution in [-0.4, -0.2) is 25.5 Å². The van der Waals surface area contributed by atoms with Gasteiger partial charge in [-0.2, -0.15) is 23.4 Å². The first-order valence-electron chi connectivity index (χ1n) is 9.24. The van der Waals surface area contributed by atoms with Gasteiger partial charge in [0, 0.05) is 19.2 Å². The van der Waals surface area contributed by atoms with Crippen LogP contribution < -0.4 is 5.32 Å². The average molecular weight is 440 g/mol. The first-order chi connectivity index (χ1) is 14.0. The van der Waals surface area contributed by atoms with Crippen molar-refractivity contribution in [3.05, 3.63) is 63.7 Å². The molecule has 6 nitrogen and oxygen atoms in total. The molecule has 10 heteroatoms. The van der Waals surface area contributed by atoms with Crippen molar-refractivity contribution in [3.8, 4) is 0 Å². The summed E-state index contributed by atoms with van der Waals surface area (Å²) in [6.07, 6.45) is -2.55. The van der Waals surface area contributed by atoms with Gasteiger partial charge in [-0.1, -0.05) is 23.7 Å². The third kappa shape index (κ3) is 5.02. The van der Waals surface area contributed by atoms with Crippen LogP contribution in [0, 0.1) is 20.8 Å². The van der Waals surface area contributed by atoms with Crippen molar-refractivity contribution in [2.24, 2.45) is 0 Å². The maximum absolute atomic E-state index is 12.9. The molecule has 0 aliphatic rings. The molecule has 1 N–H and O–H groups in total. The van der Waals surface area contributed by atoms with Crippen molar-refractivity contribution < 1.29 is 18.0 Å². The zero-order chi connectivity index (χ0) is 22.1. The van der Waals surface area contributed by atoms with E-state index in [0.717, 1.165) is 12.1 Å². The van der Waals surface area contributed by atoms with Crippen LogP contribution in [0.5, 0.6) is 0 Å². The van der Waals surface area contributed by atoms with E-state index in [9.17, 15) is 18.0 Å². The van der Waals surface area contributed by atoms with Gasteiger partial charge >= 0.3 is 6.18 Å². The number of nitrogens with zero attached hydrogens (tertiary/aromatic N) is 4. The van der Waals surface area contributed by atoms with E-state index in [1.165, 1.54) is 6.07 Å². The number of alkyl halides is 3. The van der Waals surface area contributed by atoms with Gasteiger partial charge in [0.05, 0.1) is 39.9 Å². The highest BCUT2D eigenvalue weighted by Crippen LogP contribution is 2.30. The number of rotatable bonds is 6. The number of nitrogens with one attached hydrogen (secondary N) is 1. The van der Waals surface area contributed by atoms with Crippen LogP contribution in [0.1, 0.15) is 34.6 Å². The number of aromatic nitrogens is 4. The van der Waals surface area contributed by atoms with Crippen molar-refractivity contribution in [2.45, 2.75) is 46.5 Å². The van der Waals surface area contributed by atoms with Gasteiger partial charge in [0.25, 0.3) is 0 Å². The smallest absolute Gasteiger partial charge is 0.323 e. The maximum Gasteiger partial charge on any atom is 0.416 e. The molecule has 2 aromatic heterocycles. The zero-order valence-corrected chi connectivity index (χ0v) is 17.5. The third-order valence-electron chi connectivity index (χ3n) is 4.69. The van der Waals surface area contributed by atoms with Crippen LogP contribution in [0.15, 0.2) is 30.5 Å². The van der Waals surface area contributed by atoms with Crippen LogP contribution in [0.25, 0.3) is 0 Å². The number of amides is 1. The molecule has 0 saturated carbocycles. The highest BCUT2D eigenvalue weighted by Gasteiger charge is 2.30. The summed E-state index contributed by atoms with van der Waals surface area (Å²) in [5.74, 6) is -0.218. The summed E-state index contributed by atoms with van der Waals surface area (Å²) in [4.78, 5) is 12.4.